The van der Waals surface area contributed by atoms with E-state index >= 15 is 0 Å². The largest absolute Gasteiger partial charge is 0.497 e. The Bertz CT molecular complexity index is 887. The lowest BCUT2D eigenvalue weighted by Gasteiger charge is -2.33. The molecule has 3 aromatic rings. The minimum absolute atomic E-state index is 0.245. The van der Waals surface area contributed by atoms with E-state index in [1.54, 1.807) is 38.3 Å². The van der Waals surface area contributed by atoms with Gasteiger partial charge < -0.3 is 14.6 Å². The van der Waals surface area contributed by atoms with Crippen LogP contribution in [0.4, 0.5) is 0 Å². The number of ether oxygens (including phenoxy) is 2. The molecule has 3 aromatic carbocycles. The number of aliphatic hydroxyl groups excluding tert-OH is 1. The topological polar surface area (TPSA) is 59.0 Å². The highest BCUT2D eigenvalue weighted by atomic mass is 16.5. The van der Waals surface area contributed by atoms with Gasteiger partial charge in [-0.15, -0.1) is 0 Å². The molecule has 0 aliphatic rings. The van der Waals surface area contributed by atoms with Gasteiger partial charge in [-0.2, -0.15) is 0 Å². The smallest absolute Gasteiger partial charge is 0.326 e. The number of hydrogen-bond acceptors (Lipinski definition) is 5. The first-order chi connectivity index (χ1) is 15.1. The SMILES string of the molecule is CCOC(=O)C(C(O)c1ccc(OC)cc1)N(Cc1ccccc1)Cc1ccccc1. The molecule has 1 N–H and O–H groups in total. The van der Waals surface area contributed by atoms with Crippen molar-refractivity contribution in [2.75, 3.05) is 13.7 Å². The third-order valence-electron chi connectivity index (χ3n) is 5.13. The van der Waals surface area contributed by atoms with Gasteiger partial charge in [-0.1, -0.05) is 72.8 Å². The molecule has 0 bridgehead atoms. The Kier molecular flexibility index (Phi) is 8.21. The summed E-state index contributed by atoms with van der Waals surface area (Å²) in [5.74, 6) is 0.242. The average Bonchev–Trinajstić information content (AvgIpc) is 2.80. The summed E-state index contributed by atoms with van der Waals surface area (Å²) in [7, 11) is 1.59. The lowest BCUT2D eigenvalue weighted by molar-refractivity contribution is -0.155. The van der Waals surface area contributed by atoms with Crippen molar-refractivity contribution >= 4 is 5.97 Å². The van der Waals surface area contributed by atoms with E-state index < -0.39 is 18.1 Å². The lowest BCUT2D eigenvalue weighted by Crippen LogP contribution is -2.45. The van der Waals surface area contributed by atoms with Crippen LogP contribution in [0.1, 0.15) is 29.7 Å². The molecule has 0 amide bonds. The molecular weight excluding hydrogens is 390 g/mol. The van der Waals surface area contributed by atoms with Gasteiger partial charge in [0.05, 0.1) is 13.7 Å². The molecule has 31 heavy (non-hydrogen) atoms. The molecule has 0 aliphatic heterocycles. The minimum Gasteiger partial charge on any atom is -0.497 e. The van der Waals surface area contributed by atoms with Crippen LogP contribution in [0.25, 0.3) is 0 Å². The highest BCUT2D eigenvalue weighted by Crippen LogP contribution is 2.27. The van der Waals surface area contributed by atoms with Crippen LogP contribution < -0.4 is 4.74 Å². The van der Waals surface area contributed by atoms with Crippen molar-refractivity contribution in [3.05, 3.63) is 102 Å². The number of benzene rings is 3. The van der Waals surface area contributed by atoms with Gasteiger partial charge in [0.15, 0.2) is 0 Å². The van der Waals surface area contributed by atoms with Crippen LogP contribution in [0, 0.1) is 0 Å². The standard InChI is InChI=1S/C26H29NO4/c1-3-31-26(29)24(25(28)22-14-16-23(30-2)17-15-22)27(18-20-10-6-4-7-11-20)19-21-12-8-5-9-13-21/h4-17,24-25,28H,3,18-19H2,1-2H3. The van der Waals surface area contributed by atoms with E-state index in [-0.39, 0.29) is 6.61 Å². The molecule has 0 saturated carbocycles. The fourth-order valence-electron chi connectivity index (χ4n) is 3.58. The van der Waals surface area contributed by atoms with Gasteiger partial charge in [0.1, 0.15) is 17.9 Å². The highest BCUT2D eigenvalue weighted by Gasteiger charge is 2.35. The quantitative estimate of drug-likeness (QED) is 0.495. The first-order valence-corrected chi connectivity index (χ1v) is 10.4. The zero-order valence-electron chi connectivity index (χ0n) is 18.0. The molecule has 162 valence electrons. The summed E-state index contributed by atoms with van der Waals surface area (Å²) in [6.07, 6.45) is -1.06. The minimum atomic E-state index is -1.06. The van der Waals surface area contributed by atoms with Crippen LogP contribution in [-0.2, 0) is 22.6 Å². The zero-order chi connectivity index (χ0) is 22.1. The second-order valence-corrected chi connectivity index (χ2v) is 7.29. The molecule has 0 fully saturated rings. The normalized spacial score (nSPS) is 12.9. The lowest BCUT2D eigenvalue weighted by atomic mass is 9.99. The molecule has 0 radical (unpaired) electrons. The Hall–Kier alpha value is -3.15. The maximum atomic E-state index is 13.1. The monoisotopic (exact) mass is 419 g/mol. The molecule has 0 aromatic heterocycles. The van der Waals surface area contributed by atoms with Crippen molar-refractivity contribution in [2.45, 2.75) is 32.2 Å². The number of nitrogens with zero attached hydrogens (tertiary/aromatic N) is 1. The maximum absolute atomic E-state index is 13.1. The Labute approximate surface area is 183 Å². The van der Waals surface area contributed by atoms with Crippen LogP contribution in [0.5, 0.6) is 5.75 Å². The Morgan fingerprint density at radius 2 is 1.39 bits per heavy atom. The van der Waals surface area contributed by atoms with Crippen molar-refractivity contribution in [1.29, 1.82) is 0 Å². The summed E-state index contributed by atoms with van der Waals surface area (Å²) in [5, 5.41) is 11.3. The summed E-state index contributed by atoms with van der Waals surface area (Å²) in [4.78, 5) is 15.0. The molecule has 0 aliphatic carbocycles. The average molecular weight is 420 g/mol. The summed E-state index contributed by atoms with van der Waals surface area (Å²) >= 11 is 0. The third-order valence-corrected chi connectivity index (χ3v) is 5.13. The summed E-state index contributed by atoms with van der Waals surface area (Å²) < 4.78 is 10.6. The van der Waals surface area contributed by atoms with Crippen molar-refractivity contribution in [3.63, 3.8) is 0 Å². The highest BCUT2D eigenvalue weighted by molar-refractivity contribution is 5.77. The first-order valence-electron chi connectivity index (χ1n) is 10.4. The van der Waals surface area contributed by atoms with Gasteiger partial charge in [0.2, 0.25) is 0 Å². The van der Waals surface area contributed by atoms with Gasteiger partial charge in [-0.3, -0.25) is 9.69 Å². The number of carbonyl (C=O) groups is 1. The van der Waals surface area contributed by atoms with E-state index in [4.69, 9.17) is 9.47 Å². The van der Waals surface area contributed by atoms with Crippen molar-refractivity contribution in [1.82, 2.24) is 4.90 Å². The summed E-state index contributed by atoms with van der Waals surface area (Å²) in [6, 6.07) is 26.1. The van der Waals surface area contributed by atoms with Gasteiger partial charge in [-0.05, 0) is 35.7 Å². The van der Waals surface area contributed by atoms with Gasteiger partial charge in [0.25, 0.3) is 0 Å². The first kappa shape index (κ1) is 22.5. The fraction of sp³-hybridized carbons (Fsp3) is 0.269. The Morgan fingerprint density at radius 1 is 0.871 bits per heavy atom. The molecule has 2 atom stereocenters. The van der Waals surface area contributed by atoms with Crippen LogP contribution in [0.3, 0.4) is 0 Å². The number of aliphatic hydroxyl groups is 1. The molecule has 2 unspecified atom stereocenters. The van der Waals surface area contributed by atoms with Gasteiger partial charge >= 0.3 is 5.97 Å². The van der Waals surface area contributed by atoms with Crippen molar-refractivity contribution in [3.8, 4) is 5.75 Å². The molecule has 5 nitrogen and oxygen atoms in total. The molecular formula is C26H29NO4. The summed E-state index contributed by atoms with van der Waals surface area (Å²) in [6.45, 7) is 3.00. The third kappa shape index (κ3) is 6.17. The number of rotatable bonds is 10. The number of carbonyl (C=O) groups excluding carboxylic acids is 1. The Balaban J connectivity index is 1.97. The number of hydrogen-bond donors (Lipinski definition) is 1. The van der Waals surface area contributed by atoms with E-state index in [2.05, 4.69) is 0 Å². The van der Waals surface area contributed by atoms with E-state index in [0.717, 1.165) is 11.1 Å². The van der Waals surface area contributed by atoms with Gasteiger partial charge in [-0.25, -0.2) is 0 Å². The van der Waals surface area contributed by atoms with Crippen molar-refractivity contribution in [2.24, 2.45) is 0 Å². The predicted octanol–water partition coefficient (Wildman–Crippen LogP) is 4.36. The van der Waals surface area contributed by atoms with Crippen LogP contribution in [-0.4, -0.2) is 35.7 Å². The van der Waals surface area contributed by atoms with Crippen LogP contribution in [0.2, 0.25) is 0 Å². The van der Waals surface area contributed by atoms with Crippen molar-refractivity contribution < 1.29 is 19.4 Å². The maximum Gasteiger partial charge on any atom is 0.326 e. The molecule has 3 rings (SSSR count). The van der Waals surface area contributed by atoms with E-state index in [0.29, 0.717) is 24.4 Å². The Morgan fingerprint density at radius 3 is 1.84 bits per heavy atom. The van der Waals surface area contributed by atoms with E-state index in [1.165, 1.54) is 0 Å². The van der Waals surface area contributed by atoms with Crippen LogP contribution in [0.15, 0.2) is 84.9 Å². The molecule has 0 heterocycles. The summed E-state index contributed by atoms with van der Waals surface area (Å²) in [5.41, 5.74) is 2.73. The number of methoxy groups -OCH3 is 1. The second-order valence-electron chi connectivity index (χ2n) is 7.29. The number of esters is 1. The molecule has 5 heteroatoms. The molecule has 0 spiro atoms. The zero-order valence-corrected chi connectivity index (χ0v) is 18.0. The predicted molar refractivity (Wildman–Crippen MR) is 121 cm³/mol. The van der Waals surface area contributed by atoms with E-state index in [1.807, 2.05) is 65.6 Å². The van der Waals surface area contributed by atoms with Gasteiger partial charge in [0, 0.05) is 13.1 Å². The molecule has 0 saturated heterocycles. The van der Waals surface area contributed by atoms with E-state index in [9.17, 15) is 9.90 Å². The fourth-order valence-corrected chi connectivity index (χ4v) is 3.58. The second kappa shape index (κ2) is 11.3. The van der Waals surface area contributed by atoms with Crippen LogP contribution >= 0.6 is 0 Å².